The maximum absolute atomic E-state index is 11.8. The number of carbonyl (C=O) groups excluding carboxylic acids is 1. The zero-order valence-corrected chi connectivity index (χ0v) is 12.6. The average molecular weight is 282 g/mol. The molecule has 4 rings (SSSR count). The first kappa shape index (κ1) is 14.3. The van der Waals surface area contributed by atoms with Crippen LogP contribution in [0.15, 0.2) is 0 Å². The quantitative estimate of drug-likeness (QED) is 0.555. The van der Waals surface area contributed by atoms with E-state index in [2.05, 4.69) is 0 Å². The van der Waals surface area contributed by atoms with E-state index in [9.17, 15) is 4.79 Å². The highest BCUT2D eigenvalue weighted by molar-refractivity contribution is 5.70. The van der Waals surface area contributed by atoms with Crippen LogP contribution >= 0.6 is 0 Å². The molecule has 0 saturated heterocycles. The second kappa shape index (κ2) is 5.64. The lowest BCUT2D eigenvalue weighted by Gasteiger charge is -2.56. The predicted octanol–water partition coefficient (Wildman–Crippen LogP) is 2.90. The number of carbonyl (C=O) groups is 1. The fourth-order valence-electron chi connectivity index (χ4n) is 4.91. The van der Waals surface area contributed by atoms with Gasteiger partial charge in [0.25, 0.3) is 0 Å². The molecular weight excluding hydrogens is 256 g/mol. The topological polar surface area (TPSA) is 44.8 Å². The number of hydrogen-bond acceptors (Lipinski definition) is 4. The van der Waals surface area contributed by atoms with E-state index in [1.54, 1.807) is 6.92 Å². The molecule has 114 valence electrons. The summed E-state index contributed by atoms with van der Waals surface area (Å²) in [7, 11) is 0. The van der Waals surface area contributed by atoms with Gasteiger partial charge < -0.3 is 14.2 Å². The fraction of sp³-hybridized carbons (Fsp3) is 0.938. The molecule has 4 aliphatic rings. The molecule has 0 N–H and O–H groups in total. The Bertz CT molecular complexity index is 330. The van der Waals surface area contributed by atoms with Crippen LogP contribution in [-0.4, -0.2) is 31.1 Å². The Labute approximate surface area is 121 Å². The third-order valence-corrected chi connectivity index (χ3v) is 5.18. The lowest BCUT2D eigenvalue weighted by Crippen LogP contribution is -2.52. The molecular formula is C16H26O4. The largest absolute Gasteiger partial charge is 0.434 e. The van der Waals surface area contributed by atoms with Crippen molar-refractivity contribution in [2.75, 3.05) is 13.2 Å². The van der Waals surface area contributed by atoms with Gasteiger partial charge in [-0.3, -0.25) is 0 Å². The zero-order chi connectivity index (χ0) is 14.2. The summed E-state index contributed by atoms with van der Waals surface area (Å²) in [5.74, 6) is 2.19. The fourth-order valence-corrected chi connectivity index (χ4v) is 4.91. The minimum Gasteiger partial charge on any atom is -0.434 e. The molecule has 0 aliphatic heterocycles. The van der Waals surface area contributed by atoms with Crippen LogP contribution in [0, 0.1) is 17.8 Å². The molecule has 20 heavy (non-hydrogen) atoms. The highest BCUT2D eigenvalue weighted by atomic mass is 16.7. The molecule has 0 aromatic carbocycles. The number of rotatable bonds is 6. The molecule has 4 nitrogen and oxygen atoms in total. The second-order valence-corrected chi connectivity index (χ2v) is 6.90. The maximum Gasteiger partial charge on any atom is 0.334 e. The van der Waals surface area contributed by atoms with Gasteiger partial charge in [0, 0.05) is 6.61 Å². The first-order valence-electron chi connectivity index (χ1n) is 8.03. The van der Waals surface area contributed by atoms with Crippen molar-refractivity contribution in [2.45, 2.75) is 64.3 Å². The van der Waals surface area contributed by atoms with Gasteiger partial charge in [-0.2, -0.15) is 0 Å². The third-order valence-electron chi connectivity index (χ3n) is 5.18. The minimum absolute atomic E-state index is 0.0252. The van der Waals surface area contributed by atoms with Crippen molar-refractivity contribution in [3.8, 4) is 0 Å². The van der Waals surface area contributed by atoms with E-state index in [4.69, 9.17) is 14.2 Å². The standard InChI is InChI=1S/C16H26O4/c1-3-18-11(2)20-15(17)10-19-16-7-12-4-13(8-16)6-14(5-12)9-16/h11-14H,3-10H2,1-2H3. The highest BCUT2D eigenvalue weighted by Gasteiger charge is 2.51. The molecule has 4 saturated carbocycles. The van der Waals surface area contributed by atoms with Gasteiger partial charge in [-0.1, -0.05) is 0 Å². The Morgan fingerprint density at radius 2 is 1.70 bits per heavy atom. The normalized spacial score (nSPS) is 39.8. The van der Waals surface area contributed by atoms with Crippen molar-refractivity contribution in [3.63, 3.8) is 0 Å². The Morgan fingerprint density at radius 1 is 1.15 bits per heavy atom. The van der Waals surface area contributed by atoms with Crippen LogP contribution in [-0.2, 0) is 19.0 Å². The van der Waals surface area contributed by atoms with Gasteiger partial charge in [-0.25, -0.2) is 4.79 Å². The smallest absolute Gasteiger partial charge is 0.334 e. The molecule has 0 heterocycles. The Kier molecular flexibility index (Phi) is 4.04. The van der Waals surface area contributed by atoms with Crippen LogP contribution in [0.25, 0.3) is 0 Å². The lowest BCUT2D eigenvalue weighted by molar-refractivity contribution is -0.198. The molecule has 0 aromatic rings. The first-order chi connectivity index (χ1) is 9.58. The molecule has 0 aromatic heterocycles. The molecule has 4 bridgehead atoms. The van der Waals surface area contributed by atoms with E-state index in [0.29, 0.717) is 6.61 Å². The summed E-state index contributed by atoms with van der Waals surface area (Å²) in [4.78, 5) is 11.8. The molecule has 0 radical (unpaired) electrons. The van der Waals surface area contributed by atoms with Crippen molar-refractivity contribution in [2.24, 2.45) is 17.8 Å². The molecule has 0 spiro atoms. The first-order valence-corrected chi connectivity index (χ1v) is 8.03. The summed E-state index contributed by atoms with van der Waals surface area (Å²) < 4.78 is 16.4. The van der Waals surface area contributed by atoms with Gasteiger partial charge in [0.2, 0.25) is 0 Å². The minimum atomic E-state index is -0.479. The van der Waals surface area contributed by atoms with E-state index in [-0.39, 0.29) is 18.2 Å². The van der Waals surface area contributed by atoms with Crippen LogP contribution < -0.4 is 0 Å². The monoisotopic (exact) mass is 282 g/mol. The Hall–Kier alpha value is -0.610. The highest BCUT2D eigenvalue weighted by Crippen LogP contribution is 2.57. The van der Waals surface area contributed by atoms with Crippen molar-refractivity contribution in [1.29, 1.82) is 0 Å². The summed E-state index contributed by atoms with van der Waals surface area (Å²) in [6.07, 6.45) is 7.11. The van der Waals surface area contributed by atoms with Crippen LogP contribution in [0.3, 0.4) is 0 Å². The molecule has 4 heteroatoms. The molecule has 4 aliphatic carbocycles. The summed E-state index contributed by atoms with van der Waals surface area (Å²) in [6, 6.07) is 0. The van der Waals surface area contributed by atoms with E-state index in [0.717, 1.165) is 37.0 Å². The molecule has 0 amide bonds. The average Bonchev–Trinajstić information content (AvgIpc) is 2.35. The van der Waals surface area contributed by atoms with Crippen molar-refractivity contribution in [1.82, 2.24) is 0 Å². The number of esters is 1. The van der Waals surface area contributed by atoms with Crippen molar-refractivity contribution < 1.29 is 19.0 Å². The van der Waals surface area contributed by atoms with Gasteiger partial charge in [0.1, 0.15) is 6.61 Å². The molecule has 1 atom stereocenters. The number of hydrogen-bond donors (Lipinski definition) is 0. The summed E-state index contributed by atoms with van der Waals surface area (Å²) in [6.45, 7) is 4.25. The second-order valence-electron chi connectivity index (χ2n) is 6.90. The third kappa shape index (κ3) is 3.01. The maximum atomic E-state index is 11.8. The van der Waals surface area contributed by atoms with Gasteiger partial charge in [0.05, 0.1) is 5.60 Å². The Balaban J connectivity index is 1.49. The van der Waals surface area contributed by atoms with E-state index >= 15 is 0 Å². The molecule has 1 unspecified atom stereocenters. The van der Waals surface area contributed by atoms with Crippen LogP contribution in [0.1, 0.15) is 52.4 Å². The van der Waals surface area contributed by atoms with Crippen LogP contribution in [0.5, 0.6) is 0 Å². The van der Waals surface area contributed by atoms with Crippen molar-refractivity contribution >= 4 is 5.97 Å². The van der Waals surface area contributed by atoms with Gasteiger partial charge in [0.15, 0.2) is 6.29 Å². The molecule has 4 fully saturated rings. The van der Waals surface area contributed by atoms with Crippen LogP contribution in [0.2, 0.25) is 0 Å². The van der Waals surface area contributed by atoms with E-state index < -0.39 is 6.29 Å². The van der Waals surface area contributed by atoms with Gasteiger partial charge in [-0.05, 0) is 70.1 Å². The SMILES string of the molecule is CCOC(C)OC(=O)COC12CC3CC(CC(C3)C1)C2. The predicted molar refractivity (Wildman–Crippen MR) is 74.0 cm³/mol. The Morgan fingerprint density at radius 3 is 2.20 bits per heavy atom. The zero-order valence-electron chi connectivity index (χ0n) is 12.6. The number of ether oxygens (including phenoxy) is 3. The van der Waals surface area contributed by atoms with Crippen LogP contribution in [0.4, 0.5) is 0 Å². The van der Waals surface area contributed by atoms with E-state index in [1.807, 2.05) is 6.92 Å². The summed E-state index contributed by atoms with van der Waals surface area (Å²) >= 11 is 0. The van der Waals surface area contributed by atoms with Gasteiger partial charge in [-0.15, -0.1) is 0 Å². The summed E-state index contributed by atoms with van der Waals surface area (Å²) in [5.41, 5.74) is -0.0252. The van der Waals surface area contributed by atoms with Crippen molar-refractivity contribution in [3.05, 3.63) is 0 Å². The van der Waals surface area contributed by atoms with E-state index in [1.165, 1.54) is 19.3 Å². The lowest BCUT2D eigenvalue weighted by atomic mass is 9.54. The summed E-state index contributed by atoms with van der Waals surface area (Å²) in [5, 5.41) is 0. The van der Waals surface area contributed by atoms with Gasteiger partial charge >= 0.3 is 5.97 Å².